The molecule has 1 unspecified atom stereocenters. The van der Waals surface area contributed by atoms with Crippen molar-refractivity contribution in [3.05, 3.63) is 83.9 Å². The Morgan fingerprint density at radius 1 is 0.875 bits per heavy atom. The van der Waals surface area contributed by atoms with Crippen LogP contribution in [-0.2, 0) is 12.1 Å². The zero-order chi connectivity index (χ0) is 15.7. The van der Waals surface area contributed by atoms with Gasteiger partial charge in [0.05, 0.1) is 0 Å². The monoisotopic (exact) mass is 339 g/mol. The molecule has 2 nitrogen and oxygen atoms in total. The summed E-state index contributed by atoms with van der Waals surface area (Å²) in [4.78, 5) is 2.34. The number of hydrogen-bond donors (Lipinski definition) is 1. The zero-order valence-corrected chi connectivity index (χ0v) is 14.4. The Labute approximate surface area is 149 Å². The van der Waals surface area contributed by atoms with Gasteiger partial charge in [0.1, 0.15) is 5.60 Å². The first kappa shape index (κ1) is 17.0. The van der Waals surface area contributed by atoms with E-state index >= 15 is 0 Å². The fraction of sp³-hybridized carbons (Fsp3) is 0.238. The van der Waals surface area contributed by atoms with Gasteiger partial charge in [-0.1, -0.05) is 66.7 Å². The van der Waals surface area contributed by atoms with Crippen molar-refractivity contribution in [1.29, 1.82) is 0 Å². The normalized spacial score (nSPS) is 20.9. The van der Waals surface area contributed by atoms with E-state index in [1.165, 1.54) is 16.3 Å². The number of halogens is 1. The van der Waals surface area contributed by atoms with Crippen LogP contribution in [0.2, 0.25) is 0 Å². The second-order valence-electron chi connectivity index (χ2n) is 6.54. The average Bonchev–Trinajstić information content (AvgIpc) is 2.97. The predicted molar refractivity (Wildman–Crippen MR) is 101 cm³/mol. The molecule has 0 aromatic heterocycles. The molecule has 0 amide bonds. The largest absolute Gasteiger partial charge is 0.384 e. The van der Waals surface area contributed by atoms with E-state index in [1.54, 1.807) is 0 Å². The summed E-state index contributed by atoms with van der Waals surface area (Å²) < 4.78 is 0. The fourth-order valence-electron chi connectivity index (χ4n) is 3.56. The van der Waals surface area contributed by atoms with Gasteiger partial charge in [-0.25, -0.2) is 0 Å². The second-order valence-corrected chi connectivity index (χ2v) is 6.54. The predicted octanol–water partition coefficient (Wildman–Crippen LogP) is 4.36. The SMILES string of the molecule is Cl.OC1(c2ccc3ccccc3c2)CCN(Cc2ccccc2)C1. The van der Waals surface area contributed by atoms with Gasteiger partial charge in [-0.15, -0.1) is 12.4 Å². The lowest BCUT2D eigenvalue weighted by molar-refractivity contribution is 0.0454. The number of rotatable bonds is 3. The minimum Gasteiger partial charge on any atom is -0.384 e. The van der Waals surface area contributed by atoms with Crippen LogP contribution in [0.5, 0.6) is 0 Å². The Balaban J connectivity index is 0.00000169. The molecule has 3 aromatic rings. The molecule has 1 fully saturated rings. The first-order valence-electron chi connectivity index (χ1n) is 8.21. The van der Waals surface area contributed by atoms with E-state index in [-0.39, 0.29) is 12.4 Å². The highest BCUT2D eigenvalue weighted by Crippen LogP contribution is 2.34. The summed E-state index contributed by atoms with van der Waals surface area (Å²) in [6.07, 6.45) is 0.790. The number of hydrogen-bond acceptors (Lipinski definition) is 2. The summed E-state index contributed by atoms with van der Waals surface area (Å²) in [6, 6.07) is 25.1. The molecule has 1 atom stereocenters. The number of β-amino-alcohol motifs (C(OH)–C–C–N with tert-alkyl or cyclic N) is 1. The van der Waals surface area contributed by atoms with Crippen LogP contribution in [0.15, 0.2) is 72.8 Å². The van der Waals surface area contributed by atoms with Crippen molar-refractivity contribution in [2.45, 2.75) is 18.6 Å². The van der Waals surface area contributed by atoms with Gasteiger partial charge in [-0.3, -0.25) is 4.90 Å². The minimum absolute atomic E-state index is 0. The van der Waals surface area contributed by atoms with Crippen LogP contribution in [0.4, 0.5) is 0 Å². The highest BCUT2D eigenvalue weighted by molar-refractivity contribution is 5.85. The third-order valence-electron chi connectivity index (χ3n) is 4.86. The molecule has 1 saturated heterocycles. The van der Waals surface area contributed by atoms with Gasteiger partial charge in [0.15, 0.2) is 0 Å². The quantitative estimate of drug-likeness (QED) is 0.766. The Morgan fingerprint density at radius 2 is 1.58 bits per heavy atom. The van der Waals surface area contributed by atoms with Crippen molar-refractivity contribution < 1.29 is 5.11 Å². The molecule has 24 heavy (non-hydrogen) atoms. The van der Waals surface area contributed by atoms with Crippen molar-refractivity contribution in [2.75, 3.05) is 13.1 Å². The van der Waals surface area contributed by atoms with Crippen molar-refractivity contribution in [1.82, 2.24) is 4.90 Å². The minimum atomic E-state index is -0.737. The second kappa shape index (κ2) is 6.94. The van der Waals surface area contributed by atoms with Gasteiger partial charge >= 0.3 is 0 Å². The van der Waals surface area contributed by atoms with Crippen LogP contribution in [-0.4, -0.2) is 23.1 Å². The lowest BCUT2D eigenvalue weighted by atomic mass is 9.91. The van der Waals surface area contributed by atoms with E-state index in [1.807, 2.05) is 18.2 Å². The van der Waals surface area contributed by atoms with Crippen LogP contribution in [0, 0.1) is 0 Å². The van der Waals surface area contributed by atoms with Gasteiger partial charge in [0.25, 0.3) is 0 Å². The molecule has 0 aliphatic carbocycles. The van der Waals surface area contributed by atoms with Gasteiger partial charge < -0.3 is 5.11 Å². The molecule has 0 spiro atoms. The summed E-state index contributed by atoms with van der Waals surface area (Å²) in [5, 5.41) is 13.5. The molecule has 3 aromatic carbocycles. The summed E-state index contributed by atoms with van der Waals surface area (Å²) in [5.41, 5.74) is 1.60. The van der Waals surface area contributed by atoms with Crippen LogP contribution in [0.25, 0.3) is 10.8 Å². The molecule has 1 aliphatic heterocycles. The third kappa shape index (κ3) is 3.32. The maximum atomic E-state index is 11.1. The summed E-state index contributed by atoms with van der Waals surface area (Å²) in [5.74, 6) is 0. The average molecular weight is 340 g/mol. The molecule has 0 radical (unpaired) electrons. The zero-order valence-electron chi connectivity index (χ0n) is 13.6. The summed E-state index contributed by atoms with van der Waals surface area (Å²) in [6.45, 7) is 2.52. The maximum Gasteiger partial charge on any atom is 0.103 e. The first-order valence-corrected chi connectivity index (χ1v) is 8.21. The third-order valence-corrected chi connectivity index (χ3v) is 4.86. The van der Waals surface area contributed by atoms with Crippen molar-refractivity contribution in [2.24, 2.45) is 0 Å². The van der Waals surface area contributed by atoms with Crippen LogP contribution >= 0.6 is 12.4 Å². The molecule has 1 aliphatic rings. The van der Waals surface area contributed by atoms with Crippen LogP contribution < -0.4 is 0 Å². The van der Waals surface area contributed by atoms with Gasteiger partial charge in [0, 0.05) is 19.6 Å². The standard InChI is InChI=1S/C21H21NO.ClH/c23-21(20-11-10-18-8-4-5-9-19(18)14-20)12-13-22(16-21)15-17-6-2-1-3-7-17;/h1-11,14,23H,12-13,15-16H2;1H. The van der Waals surface area contributed by atoms with Gasteiger partial charge in [0.2, 0.25) is 0 Å². The molecule has 0 bridgehead atoms. The van der Waals surface area contributed by atoms with Crippen LogP contribution in [0.3, 0.4) is 0 Å². The lowest BCUT2D eigenvalue weighted by Crippen LogP contribution is -2.30. The maximum absolute atomic E-state index is 11.1. The number of likely N-dealkylation sites (tertiary alicyclic amines) is 1. The molecule has 1 N–H and O–H groups in total. The molecule has 124 valence electrons. The van der Waals surface area contributed by atoms with E-state index in [9.17, 15) is 5.11 Å². The van der Waals surface area contributed by atoms with E-state index < -0.39 is 5.60 Å². The Bertz CT molecular complexity index is 820. The van der Waals surface area contributed by atoms with Crippen LogP contribution in [0.1, 0.15) is 17.5 Å². The van der Waals surface area contributed by atoms with Crippen molar-refractivity contribution in [3.8, 4) is 0 Å². The number of aliphatic hydroxyl groups is 1. The summed E-state index contributed by atoms with van der Waals surface area (Å²) in [7, 11) is 0. The van der Waals surface area contributed by atoms with E-state index in [0.717, 1.165) is 25.1 Å². The smallest absolute Gasteiger partial charge is 0.103 e. The molecule has 0 saturated carbocycles. The Morgan fingerprint density at radius 3 is 2.38 bits per heavy atom. The number of nitrogens with zero attached hydrogens (tertiary/aromatic N) is 1. The fourth-order valence-corrected chi connectivity index (χ4v) is 3.56. The number of fused-ring (bicyclic) bond motifs is 1. The van der Waals surface area contributed by atoms with Crippen molar-refractivity contribution >= 4 is 23.2 Å². The molecule has 3 heteroatoms. The lowest BCUT2D eigenvalue weighted by Gasteiger charge is -2.24. The van der Waals surface area contributed by atoms with E-state index in [0.29, 0.717) is 6.54 Å². The Hall–Kier alpha value is -1.87. The topological polar surface area (TPSA) is 23.5 Å². The molecule has 4 rings (SSSR count). The molecular formula is C21H22ClNO. The van der Waals surface area contributed by atoms with Crippen molar-refractivity contribution in [3.63, 3.8) is 0 Å². The Kier molecular flexibility index (Phi) is 4.91. The highest BCUT2D eigenvalue weighted by Gasteiger charge is 2.37. The first-order chi connectivity index (χ1) is 11.2. The van der Waals surface area contributed by atoms with E-state index in [4.69, 9.17) is 0 Å². The van der Waals surface area contributed by atoms with E-state index in [2.05, 4.69) is 59.5 Å². The summed E-state index contributed by atoms with van der Waals surface area (Å²) >= 11 is 0. The molecule has 1 heterocycles. The van der Waals surface area contributed by atoms with Gasteiger partial charge in [-0.05, 0) is 34.4 Å². The molecular weight excluding hydrogens is 318 g/mol. The van der Waals surface area contributed by atoms with Gasteiger partial charge in [-0.2, -0.15) is 0 Å². The highest BCUT2D eigenvalue weighted by atomic mass is 35.5. The number of benzene rings is 3.